The fourth-order valence-electron chi connectivity index (χ4n) is 0.389. The van der Waals surface area contributed by atoms with E-state index in [2.05, 4.69) is 11.3 Å². The molecule has 0 aliphatic rings. The highest BCUT2D eigenvalue weighted by Crippen LogP contribution is 1.99. The molecule has 8 heavy (non-hydrogen) atoms. The summed E-state index contributed by atoms with van der Waals surface area (Å²) in [6.07, 6.45) is 1.68. The maximum absolute atomic E-state index is 9.48. The molecule has 0 unspecified atom stereocenters. The monoisotopic (exact) mass is 113 g/mol. The lowest BCUT2D eigenvalue weighted by molar-refractivity contribution is 0.349. The SMILES string of the molecule is C=C(CCC)O[C]=O. The number of carbonyl (C=O) groups excluding carboxylic acids is 1. The van der Waals surface area contributed by atoms with Gasteiger partial charge in [0.05, 0.1) is 0 Å². The second-order valence-corrected chi connectivity index (χ2v) is 1.47. The van der Waals surface area contributed by atoms with Crippen LogP contribution in [0.15, 0.2) is 12.3 Å². The first-order valence-electron chi connectivity index (χ1n) is 2.53. The Balaban J connectivity index is 3.18. The molecule has 0 amide bonds. The summed E-state index contributed by atoms with van der Waals surface area (Å²) >= 11 is 0. The Morgan fingerprint density at radius 1 is 1.88 bits per heavy atom. The van der Waals surface area contributed by atoms with Gasteiger partial charge in [0.2, 0.25) is 0 Å². The molecule has 0 rings (SSSR count). The fraction of sp³-hybridized carbons (Fsp3) is 0.500. The molecule has 45 valence electrons. The molecule has 0 saturated heterocycles. The van der Waals surface area contributed by atoms with Crippen LogP contribution in [0.4, 0.5) is 0 Å². The predicted molar refractivity (Wildman–Crippen MR) is 30.8 cm³/mol. The van der Waals surface area contributed by atoms with Gasteiger partial charge in [-0.05, 0) is 6.42 Å². The summed E-state index contributed by atoms with van der Waals surface area (Å²) in [5, 5.41) is 0. The van der Waals surface area contributed by atoms with Gasteiger partial charge in [0.15, 0.2) is 0 Å². The maximum atomic E-state index is 9.48. The molecule has 0 fully saturated rings. The minimum absolute atomic E-state index is 0.488. The van der Waals surface area contributed by atoms with Crippen LogP contribution in [-0.2, 0) is 9.53 Å². The van der Waals surface area contributed by atoms with Crippen LogP contribution in [0.5, 0.6) is 0 Å². The molecule has 0 aromatic rings. The van der Waals surface area contributed by atoms with Gasteiger partial charge in [0, 0.05) is 6.42 Å². The predicted octanol–water partition coefficient (Wildman–Crippen LogP) is 1.38. The average Bonchev–Trinajstić information content (AvgIpc) is 1.68. The van der Waals surface area contributed by atoms with Crippen molar-refractivity contribution in [2.45, 2.75) is 19.8 Å². The lowest BCUT2D eigenvalue weighted by Crippen LogP contribution is -1.85. The smallest absolute Gasteiger partial charge is 0.422 e. The molecule has 0 heterocycles. The van der Waals surface area contributed by atoms with Crippen molar-refractivity contribution in [2.24, 2.45) is 0 Å². The van der Waals surface area contributed by atoms with Crippen molar-refractivity contribution < 1.29 is 9.53 Å². The van der Waals surface area contributed by atoms with E-state index in [0.29, 0.717) is 5.76 Å². The second-order valence-electron chi connectivity index (χ2n) is 1.47. The largest absolute Gasteiger partial charge is 0.423 e. The first-order valence-corrected chi connectivity index (χ1v) is 2.53. The summed E-state index contributed by atoms with van der Waals surface area (Å²) in [6, 6.07) is 0. The van der Waals surface area contributed by atoms with Crippen LogP contribution in [0.25, 0.3) is 0 Å². The summed E-state index contributed by atoms with van der Waals surface area (Å²) in [5.41, 5.74) is 0. The van der Waals surface area contributed by atoms with Crippen LogP contribution in [0.2, 0.25) is 0 Å². The van der Waals surface area contributed by atoms with Gasteiger partial charge < -0.3 is 4.74 Å². The van der Waals surface area contributed by atoms with Crippen molar-refractivity contribution in [2.75, 3.05) is 0 Å². The summed E-state index contributed by atoms with van der Waals surface area (Å²) < 4.78 is 4.28. The Bertz CT molecular complexity index is 86.5. The second kappa shape index (κ2) is 4.37. The number of hydrogen-bond donors (Lipinski definition) is 0. The van der Waals surface area contributed by atoms with Crippen molar-refractivity contribution in [3.8, 4) is 0 Å². The van der Waals surface area contributed by atoms with Gasteiger partial charge in [0.25, 0.3) is 0 Å². The zero-order valence-electron chi connectivity index (χ0n) is 4.94. The fourth-order valence-corrected chi connectivity index (χ4v) is 0.389. The molecule has 0 spiro atoms. The van der Waals surface area contributed by atoms with Crippen LogP contribution in [-0.4, -0.2) is 6.47 Å². The Kier molecular flexibility index (Phi) is 3.94. The summed E-state index contributed by atoms with van der Waals surface area (Å²) in [4.78, 5) is 9.48. The third-order valence-electron chi connectivity index (χ3n) is 0.715. The van der Waals surface area contributed by atoms with Crippen molar-refractivity contribution in [3.63, 3.8) is 0 Å². The minimum Gasteiger partial charge on any atom is -0.423 e. The van der Waals surface area contributed by atoms with E-state index in [1.165, 1.54) is 6.47 Å². The van der Waals surface area contributed by atoms with E-state index in [-0.39, 0.29) is 0 Å². The lowest BCUT2D eigenvalue weighted by atomic mass is 10.3. The molecule has 0 aromatic carbocycles. The van der Waals surface area contributed by atoms with Crippen molar-refractivity contribution in [1.29, 1.82) is 0 Å². The summed E-state index contributed by atoms with van der Waals surface area (Å²) in [7, 11) is 0. The molecule has 0 atom stereocenters. The highest BCUT2D eigenvalue weighted by molar-refractivity contribution is 5.40. The molecule has 0 aromatic heterocycles. The molecule has 0 aliphatic heterocycles. The minimum atomic E-state index is 0.488. The quantitative estimate of drug-likeness (QED) is 0.515. The molecule has 0 N–H and O–H groups in total. The van der Waals surface area contributed by atoms with E-state index < -0.39 is 0 Å². The van der Waals surface area contributed by atoms with E-state index in [4.69, 9.17) is 0 Å². The third kappa shape index (κ3) is 3.40. The Morgan fingerprint density at radius 2 is 2.50 bits per heavy atom. The summed E-state index contributed by atoms with van der Waals surface area (Å²) in [6.45, 7) is 6.74. The molecule has 0 saturated carbocycles. The number of rotatable bonds is 4. The Labute approximate surface area is 49.1 Å². The van der Waals surface area contributed by atoms with Gasteiger partial charge >= 0.3 is 6.47 Å². The molecular formula is C6H9O2. The highest BCUT2D eigenvalue weighted by Gasteiger charge is 1.89. The summed E-state index contributed by atoms with van der Waals surface area (Å²) in [5.74, 6) is 0.488. The Hall–Kier alpha value is -0.790. The molecule has 2 heteroatoms. The molecule has 0 aliphatic carbocycles. The number of allylic oxidation sites excluding steroid dienone is 1. The molecule has 1 radical (unpaired) electrons. The molecular weight excluding hydrogens is 104 g/mol. The van der Waals surface area contributed by atoms with E-state index >= 15 is 0 Å². The first-order chi connectivity index (χ1) is 3.81. The zero-order valence-corrected chi connectivity index (χ0v) is 4.94. The van der Waals surface area contributed by atoms with Crippen molar-refractivity contribution in [1.82, 2.24) is 0 Å². The van der Waals surface area contributed by atoms with E-state index in [9.17, 15) is 4.79 Å². The number of hydrogen-bond acceptors (Lipinski definition) is 2. The van der Waals surface area contributed by atoms with Gasteiger partial charge in [-0.1, -0.05) is 13.5 Å². The van der Waals surface area contributed by atoms with Crippen LogP contribution in [0.1, 0.15) is 19.8 Å². The van der Waals surface area contributed by atoms with Crippen LogP contribution in [0, 0.1) is 0 Å². The highest BCUT2D eigenvalue weighted by atomic mass is 16.5. The van der Waals surface area contributed by atoms with Crippen LogP contribution in [0.3, 0.4) is 0 Å². The van der Waals surface area contributed by atoms with Gasteiger partial charge in [-0.2, -0.15) is 0 Å². The van der Waals surface area contributed by atoms with Crippen LogP contribution < -0.4 is 0 Å². The molecule has 0 bridgehead atoms. The molecule has 2 nitrogen and oxygen atoms in total. The van der Waals surface area contributed by atoms with Crippen LogP contribution >= 0.6 is 0 Å². The Morgan fingerprint density at radius 3 is 2.88 bits per heavy atom. The van der Waals surface area contributed by atoms with Crippen molar-refractivity contribution in [3.05, 3.63) is 12.3 Å². The topological polar surface area (TPSA) is 26.3 Å². The van der Waals surface area contributed by atoms with Gasteiger partial charge in [-0.25, -0.2) is 4.79 Å². The number of ether oxygens (including phenoxy) is 1. The van der Waals surface area contributed by atoms with Gasteiger partial charge in [-0.3, -0.25) is 0 Å². The lowest BCUT2D eigenvalue weighted by Gasteiger charge is -1.94. The first kappa shape index (κ1) is 7.21. The third-order valence-corrected chi connectivity index (χ3v) is 0.715. The standard InChI is InChI=1S/C6H9O2/c1-3-4-6(2)8-5-7/h2-4H2,1H3. The average molecular weight is 113 g/mol. The van der Waals surface area contributed by atoms with E-state index in [1.54, 1.807) is 0 Å². The van der Waals surface area contributed by atoms with E-state index in [1.807, 2.05) is 6.92 Å². The maximum Gasteiger partial charge on any atom is 0.422 e. The van der Waals surface area contributed by atoms with Gasteiger partial charge in [0.1, 0.15) is 5.76 Å². The van der Waals surface area contributed by atoms with E-state index in [0.717, 1.165) is 12.8 Å². The van der Waals surface area contributed by atoms with Crippen molar-refractivity contribution >= 4 is 6.47 Å². The van der Waals surface area contributed by atoms with Gasteiger partial charge in [-0.15, -0.1) is 0 Å². The zero-order chi connectivity index (χ0) is 6.41. The normalized spacial score (nSPS) is 8.12.